The molecule has 166 valence electrons. The predicted molar refractivity (Wildman–Crippen MR) is 127 cm³/mol. The summed E-state index contributed by atoms with van der Waals surface area (Å²) < 4.78 is 0. The number of nitrogens with zero attached hydrogens (tertiary/aromatic N) is 2. The number of hydrogen-bond donors (Lipinski definition) is 3. The first-order valence-corrected chi connectivity index (χ1v) is 10.9. The Bertz CT molecular complexity index is 1240. The van der Waals surface area contributed by atoms with Gasteiger partial charge in [0, 0.05) is 18.2 Å². The summed E-state index contributed by atoms with van der Waals surface area (Å²) in [6.07, 6.45) is 0. The molecule has 1 heterocycles. The Morgan fingerprint density at radius 1 is 1.00 bits per heavy atom. The number of aromatic amines is 1. The van der Waals surface area contributed by atoms with Crippen molar-refractivity contribution in [2.24, 2.45) is 0 Å². The SMILES string of the molecule is CC(=O)Nc1c(C)cccc1-c1nnc(SC(C)C(=O)Nc2cccc(C)c2C)[nH]c1=O. The van der Waals surface area contributed by atoms with E-state index >= 15 is 0 Å². The normalized spacial score (nSPS) is 11.7. The van der Waals surface area contributed by atoms with E-state index in [4.69, 9.17) is 0 Å². The number of hydrogen-bond acceptors (Lipinski definition) is 6. The molecule has 8 nitrogen and oxygen atoms in total. The Hall–Kier alpha value is -3.46. The van der Waals surface area contributed by atoms with Gasteiger partial charge in [0.25, 0.3) is 5.56 Å². The van der Waals surface area contributed by atoms with Crippen molar-refractivity contribution in [3.63, 3.8) is 0 Å². The zero-order valence-corrected chi connectivity index (χ0v) is 19.4. The van der Waals surface area contributed by atoms with Crippen molar-refractivity contribution < 1.29 is 9.59 Å². The Labute approximate surface area is 190 Å². The van der Waals surface area contributed by atoms with Crippen molar-refractivity contribution in [2.45, 2.75) is 45.0 Å². The maximum atomic E-state index is 12.7. The molecule has 1 atom stereocenters. The third-order valence-corrected chi connectivity index (χ3v) is 6.00. The molecule has 0 aliphatic carbocycles. The van der Waals surface area contributed by atoms with E-state index in [9.17, 15) is 14.4 Å². The lowest BCUT2D eigenvalue weighted by atomic mass is 10.1. The minimum atomic E-state index is -0.514. The van der Waals surface area contributed by atoms with Crippen molar-refractivity contribution in [2.75, 3.05) is 10.6 Å². The molecule has 32 heavy (non-hydrogen) atoms. The fourth-order valence-electron chi connectivity index (χ4n) is 3.10. The van der Waals surface area contributed by atoms with E-state index in [1.807, 2.05) is 45.0 Å². The number of aryl methyl sites for hydroxylation is 2. The minimum Gasteiger partial charge on any atom is -0.325 e. The molecule has 0 aliphatic heterocycles. The molecule has 1 unspecified atom stereocenters. The summed E-state index contributed by atoms with van der Waals surface area (Å²) in [4.78, 5) is 39.6. The van der Waals surface area contributed by atoms with Crippen LogP contribution in [-0.4, -0.2) is 32.2 Å². The maximum absolute atomic E-state index is 12.7. The van der Waals surface area contributed by atoms with E-state index < -0.39 is 10.8 Å². The Morgan fingerprint density at radius 3 is 2.38 bits per heavy atom. The van der Waals surface area contributed by atoms with Crippen molar-refractivity contribution in [1.29, 1.82) is 0 Å². The highest BCUT2D eigenvalue weighted by atomic mass is 32.2. The van der Waals surface area contributed by atoms with Crippen LogP contribution in [0.1, 0.15) is 30.5 Å². The van der Waals surface area contributed by atoms with E-state index in [2.05, 4.69) is 25.8 Å². The number of para-hydroxylation sites is 1. The van der Waals surface area contributed by atoms with E-state index in [1.165, 1.54) is 6.92 Å². The van der Waals surface area contributed by atoms with Crippen molar-refractivity contribution >= 4 is 35.0 Å². The second kappa shape index (κ2) is 9.78. The van der Waals surface area contributed by atoms with Gasteiger partial charge in [0.15, 0.2) is 10.9 Å². The number of H-pyrrole nitrogens is 1. The largest absolute Gasteiger partial charge is 0.325 e. The first kappa shape index (κ1) is 23.2. The first-order chi connectivity index (χ1) is 15.2. The second-order valence-electron chi connectivity index (χ2n) is 7.48. The Kier molecular flexibility index (Phi) is 7.09. The highest BCUT2D eigenvalue weighted by Crippen LogP contribution is 2.28. The van der Waals surface area contributed by atoms with Crippen LogP contribution >= 0.6 is 11.8 Å². The van der Waals surface area contributed by atoms with E-state index in [1.54, 1.807) is 19.1 Å². The van der Waals surface area contributed by atoms with E-state index in [-0.39, 0.29) is 22.7 Å². The second-order valence-corrected chi connectivity index (χ2v) is 8.81. The number of anilines is 2. The van der Waals surface area contributed by atoms with Crippen LogP contribution in [0.25, 0.3) is 11.3 Å². The van der Waals surface area contributed by atoms with Crippen LogP contribution in [0.2, 0.25) is 0 Å². The molecule has 0 bridgehead atoms. The third kappa shape index (κ3) is 5.23. The van der Waals surface area contributed by atoms with Gasteiger partial charge >= 0.3 is 0 Å². The molecule has 0 fully saturated rings. The van der Waals surface area contributed by atoms with Crippen LogP contribution in [0.5, 0.6) is 0 Å². The average Bonchev–Trinajstić information content (AvgIpc) is 2.73. The molecule has 3 N–H and O–H groups in total. The number of rotatable bonds is 6. The van der Waals surface area contributed by atoms with Gasteiger partial charge in [0.1, 0.15) is 0 Å². The monoisotopic (exact) mass is 451 g/mol. The summed E-state index contributed by atoms with van der Waals surface area (Å²) in [6.45, 7) is 8.89. The molecule has 0 saturated heterocycles. The molecule has 0 spiro atoms. The van der Waals surface area contributed by atoms with Gasteiger partial charge in [-0.3, -0.25) is 19.4 Å². The molecule has 2 amide bonds. The van der Waals surface area contributed by atoms with Crippen LogP contribution < -0.4 is 16.2 Å². The molecular formula is C23H25N5O3S. The maximum Gasteiger partial charge on any atom is 0.278 e. The quantitative estimate of drug-likeness (QED) is 0.490. The number of amides is 2. The standard InChI is InChI=1S/C23H25N5O3S/c1-12-8-7-11-18(14(12)3)25-21(30)15(4)32-23-26-22(31)20(27-28-23)17-10-6-9-13(2)19(17)24-16(5)29/h6-11,15H,1-5H3,(H,24,29)(H,25,30)(H,26,28,31). The first-order valence-electron chi connectivity index (χ1n) is 10.1. The molecule has 2 aromatic carbocycles. The zero-order chi connectivity index (χ0) is 23.4. The zero-order valence-electron chi connectivity index (χ0n) is 18.6. The van der Waals surface area contributed by atoms with Crippen LogP contribution in [0, 0.1) is 20.8 Å². The number of carbonyl (C=O) groups excluding carboxylic acids is 2. The summed E-state index contributed by atoms with van der Waals surface area (Å²) >= 11 is 1.11. The van der Waals surface area contributed by atoms with Crippen LogP contribution in [0.4, 0.5) is 11.4 Å². The van der Waals surface area contributed by atoms with E-state index in [0.717, 1.165) is 34.1 Å². The van der Waals surface area contributed by atoms with Crippen molar-refractivity contribution in [3.8, 4) is 11.3 Å². The number of thioether (sulfide) groups is 1. The number of nitrogens with one attached hydrogen (secondary N) is 3. The average molecular weight is 452 g/mol. The Balaban J connectivity index is 1.79. The lowest BCUT2D eigenvalue weighted by molar-refractivity contribution is -0.115. The third-order valence-electron chi connectivity index (χ3n) is 5.03. The lowest BCUT2D eigenvalue weighted by Crippen LogP contribution is -2.24. The molecule has 3 rings (SSSR count). The van der Waals surface area contributed by atoms with Crippen molar-refractivity contribution in [3.05, 3.63) is 63.4 Å². The predicted octanol–water partition coefficient (Wildman–Crippen LogP) is 3.83. The van der Waals surface area contributed by atoms with Crippen LogP contribution in [0.15, 0.2) is 46.3 Å². The van der Waals surface area contributed by atoms with Crippen LogP contribution in [0.3, 0.4) is 0 Å². The van der Waals surface area contributed by atoms with Crippen LogP contribution in [-0.2, 0) is 9.59 Å². The van der Waals surface area contributed by atoms with Crippen molar-refractivity contribution in [1.82, 2.24) is 15.2 Å². The lowest BCUT2D eigenvalue weighted by Gasteiger charge is -2.14. The highest BCUT2D eigenvalue weighted by Gasteiger charge is 2.19. The molecule has 3 aromatic rings. The van der Waals surface area contributed by atoms with Gasteiger partial charge in [-0.2, -0.15) is 0 Å². The topological polar surface area (TPSA) is 117 Å². The summed E-state index contributed by atoms with van der Waals surface area (Å²) in [5.74, 6) is -0.456. The Morgan fingerprint density at radius 2 is 1.69 bits per heavy atom. The summed E-state index contributed by atoms with van der Waals surface area (Å²) in [7, 11) is 0. The molecule has 0 radical (unpaired) electrons. The van der Waals surface area contributed by atoms with Gasteiger partial charge in [-0.05, 0) is 50.5 Å². The fraction of sp³-hybridized carbons (Fsp3) is 0.261. The minimum absolute atomic E-state index is 0.0919. The summed E-state index contributed by atoms with van der Waals surface area (Å²) in [6, 6.07) is 11.0. The summed E-state index contributed by atoms with van der Waals surface area (Å²) in [5, 5.41) is 13.5. The molecule has 9 heteroatoms. The van der Waals surface area contributed by atoms with Gasteiger partial charge in [-0.25, -0.2) is 0 Å². The number of aromatic nitrogens is 3. The number of carbonyl (C=O) groups is 2. The van der Waals surface area contributed by atoms with Gasteiger partial charge in [0.05, 0.1) is 10.9 Å². The molecule has 0 aliphatic rings. The van der Waals surface area contributed by atoms with Gasteiger partial charge in [0.2, 0.25) is 11.8 Å². The van der Waals surface area contributed by atoms with Gasteiger partial charge in [-0.1, -0.05) is 42.1 Å². The van der Waals surface area contributed by atoms with Gasteiger partial charge in [-0.15, -0.1) is 10.2 Å². The number of benzene rings is 2. The highest BCUT2D eigenvalue weighted by molar-refractivity contribution is 8.00. The molecule has 1 aromatic heterocycles. The van der Waals surface area contributed by atoms with Gasteiger partial charge < -0.3 is 10.6 Å². The summed E-state index contributed by atoms with van der Waals surface area (Å²) in [5.41, 5.74) is 4.27. The van der Waals surface area contributed by atoms with E-state index in [0.29, 0.717) is 11.3 Å². The molecule has 0 saturated carbocycles. The smallest absolute Gasteiger partial charge is 0.278 e. The molecular weight excluding hydrogens is 426 g/mol. The fourth-order valence-corrected chi connectivity index (χ4v) is 3.84.